The number of carbonyl (C=O) groups excluding carboxylic acids is 1. The second-order valence-corrected chi connectivity index (χ2v) is 4.55. The maximum Gasteiger partial charge on any atom is 0.337 e. The number of anilines is 1. The Balaban J connectivity index is 2.01. The highest BCUT2D eigenvalue weighted by Crippen LogP contribution is 2.21. The lowest BCUT2D eigenvalue weighted by atomic mass is 10.1. The number of rotatable bonds is 3. The average molecular weight is 280 g/mol. The number of aromatic hydroxyl groups is 1. The van der Waals surface area contributed by atoms with Gasteiger partial charge in [0.25, 0.3) is 0 Å². The molecule has 7 nitrogen and oxygen atoms in total. The molecule has 2 rings (SSSR count). The van der Waals surface area contributed by atoms with Gasteiger partial charge in [0.1, 0.15) is 5.75 Å². The molecule has 1 aromatic rings. The van der Waals surface area contributed by atoms with Crippen molar-refractivity contribution in [2.75, 3.05) is 18.5 Å². The van der Waals surface area contributed by atoms with Crippen LogP contribution in [0.5, 0.6) is 5.75 Å². The van der Waals surface area contributed by atoms with Crippen molar-refractivity contribution in [3.05, 3.63) is 23.8 Å². The molecule has 7 heteroatoms. The normalized spacial score (nSPS) is 18.3. The molecular formula is C13H16N2O5. The van der Waals surface area contributed by atoms with E-state index in [1.165, 1.54) is 12.1 Å². The molecule has 0 radical (unpaired) electrons. The third-order valence-electron chi connectivity index (χ3n) is 2.98. The first-order chi connectivity index (χ1) is 9.56. The zero-order chi connectivity index (χ0) is 14.5. The molecule has 0 saturated carbocycles. The molecule has 1 fully saturated rings. The van der Waals surface area contributed by atoms with Gasteiger partial charge in [0.05, 0.1) is 23.9 Å². The zero-order valence-corrected chi connectivity index (χ0v) is 10.8. The maximum atomic E-state index is 11.8. The Labute approximate surface area is 115 Å². The number of carbonyl (C=O) groups is 2. The Hall–Kier alpha value is -2.28. The highest BCUT2D eigenvalue weighted by molar-refractivity contribution is 6.00. The smallest absolute Gasteiger partial charge is 0.337 e. The predicted molar refractivity (Wildman–Crippen MR) is 71.1 cm³/mol. The molecule has 0 aliphatic carbocycles. The van der Waals surface area contributed by atoms with Gasteiger partial charge in [-0.25, -0.2) is 9.59 Å². The standard InChI is InChI=1S/C13H16N2O5/c16-9-3-4-11(10(6-9)12(17)18)15-13(19)14-8-2-1-5-20-7-8/h3-4,6,8,16H,1-2,5,7H2,(H,17,18)(H2,14,15,19). The molecule has 0 bridgehead atoms. The van der Waals surface area contributed by atoms with Crippen LogP contribution < -0.4 is 10.6 Å². The summed E-state index contributed by atoms with van der Waals surface area (Å²) in [4.78, 5) is 22.8. The summed E-state index contributed by atoms with van der Waals surface area (Å²) in [6.07, 6.45) is 1.71. The van der Waals surface area contributed by atoms with E-state index in [0.717, 1.165) is 18.9 Å². The van der Waals surface area contributed by atoms with Crippen LogP contribution in [0.25, 0.3) is 0 Å². The number of ether oxygens (including phenoxy) is 1. The van der Waals surface area contributed by atoms with Crippen molar-refractivity contribution in [1.82, 2.24) is 5.32 Å². The zero-order valence-electron chi connectivity index (χ0n) is 10.8. The van der Waals surface area contributed by atoms with Gasteiger partial charge in [-0.15, -0.1) is 0 Å². The summed E-state index contributed by atoms with van der Waals surface area (Å²) < 4.78 is 5.24. The summed E-state index contributed by atoms with van der Waals surface area (Å²) in [5, 5.41) is 23.5. The van der Waals surface area contributed by atoms with Gasteiger partial charge in [0.2, 0.25) is 0 Å². The van der Waals surface area contributed by atoms with E-state index in [1.807, 2.05) is 0 Å². The Morgan fingerprint density at radius 1 is 1.35 bits per heavy atom. The number of carboxylic acid groups (broad SMARTS) is 1. The van der Waals surface area contributed by atoms with Gasteiger partial charge in [-0.3, -0.25) is 0 Å². The molecule has 2 amide bonds. The predicted octanol–water partition coefficient (Wildman–Crippen LogP) is 1.39. The first-order valence-electron chi connectivity index (χ1n) is 6.28. The second kappa shape index (κ2) is 6.25. The molecule has 1 aromatic carbocycles. The number of hydrogen-bond donors (Lipinski definition) is 4. The maximum absolute atomic E-state index is 11.8. The molecule has 1 aliphatic rings. The molecule has 1 heterocycles. The number of carboxylic acids is 1. The van der Waals surface area contributed by atoms with Gasteiger partial charge in [-0.1, -0.05) is 0 Å². The third-order valence-corrected chi connectivity index (χ3v) is 2.98. The number of amides is 2. The minimum absolute atomic E-state index is 0.0749. The molecule has 108 valence electrons. The second-order valence-electron chi connectivity index (χ2n) is 4.55. The highest BCUT2D eigenvalue weighted by atomic mass is 16.5. The largest absolute Gasteiger partial charge is 0.508 e. The van der Waals surface area contributed by atoms with Gasteiger partial charge in [-0.2, -0.15) is 0 Å². The highest BCUT2D eigenvalue weighted by Gasteiger charge is 2.18. The van der Waals surface area contributed by atoms with Gasteiger partial charge < -0.3 is 25.6 Å². The van der Waals surface area contributed by atoms with E-state index in [0.29, 0.717) is 13.2 Å². The van der Waals surface area contributed by atoms with Crippen molar-refractivity contribution in [3.63, 3.8) is 0 Å². The molecular weight excluding hydrogens is 264 g/mol. The quantitative estimate of drug-likeness (QED) is 0.626. The lowest BCUT2D eigenvalue weighted by molar-refractivity contribution is 0.0697. The monoisotopic (exact) mass is 280 g/mol. The van der Waals surface area contributed by atoms with Crippen LogP contribution in [0.15, 0.2) is 18.2 Å². The molecule has 0 spiro atoms. The van der Waals surface area contributed by atoms with E-state index < -0.39 is 12.0 Å². The van der Waals surface area contributed by atoms with E-state index >= 15 is 0 Å². The van der Waals surface area contributed by atoms with Crippen LogP contribution in [0, 0.1) is 0 Å². The lowest BCUT2D eigenvalue weighted by Gasteiger charge is -2.23. The van der Waals surface area contributed by atoms with Crippen molar-refractivity contribution in [1.29, 1.82) is 0 Å². The topological polar surface area (TPSA) is 108 Å². The van der Waals surface area contributed by atoms with Crippen LogP contribution in [0.1, 0.15) is 23.2 Å². The van der Waals surface area contributed by atoms with E-state index in [9.17, 15) is 14.7 Å². The van der Waals surface area contributed by atoms with Crippen molar-refractivity contribution in [2.24, 2.45) is 0 Å². The number of hydrogen-bond acceptors (Lipinski definition) is 4. The number of aromatic carboxylic acids is 1. The fraction of sp³-hybridized carbons (Fsp3) is 0.385. The SMILES string of the molecule is O=C(Nc1ccc(O)cc1C(=O)O)NC1CCCOC1. The minimum atomic E-state index is -1.22. The van der Waals surface area contributed by atoms with Crippen LogP contribution in [-0.2, 0) is 4.74 Å². The Morgan fingerprint density at radius 3 is 2.80 bits per heavy atom. The average Bonchev–Trinajstić information content (AvgIpc) is 2.41. The number of phenols is 1. The first kappa shape index (κ1) is 14.1. The van der Waals surface area contributed by atoms with E-state index in [1.54, 1.807) is 0 Å². The Morgan fingerprint density at radius 2 is 2.15 bits per heavy atom. The van der Waals surface area contributed by atoms with Crippen LogP contribution in [0.3, 0.4) is 0 Å². The summed E-state index contributed by atoms with van der Waals surface area (Å²) in [7, 11) is 0. The van der Waals surface area contributed by atoms with Crippen molar-refractivity contribution >= 4 is 17.7 Å². The first-order valence-corrected chi connectivity index (χ1v) is 6.28. The lowest BCUT2D eigenvalue weighted by Crippen LogP contribution is -2.42. The van der Waals surface area contributed by atoms with Crippen molar-refractivity contribution in [2.45, 2.75) is 18.9 Å². The van der Waals surface area contributed by atoms with Crippen LogP contribution in [0.4, 0.5) is 10.5 Å². The van der Waals surface area contributed by atoms with Crippen LogP contribution in [-0.4, -0.2) is 41.5 Å². The van der Waals surface area contributed by atoms with Gasteiger partial charge in [0.15, 0.2) is 0 Å². The molecule has 1 atom stereocenters. The summed E-state index contributed by atoms with van der Waals surface area (Å²) in [5.41, 5.74) is -0.0374. The molecule has 4 N–H and O–H groups in total. The van der Waals surface area contributed by atoms with Crippen molar-refractivity contribution < 1.29 is 24.5 Å². The number of urea groups is 1. The fourth-order valence-corrected chi connectivity index (χ4v) is 2.02. The van der Waals surface area contributed by atoms with Gasteiger partial charge >= 0.3 is 12.0 Å². The molecule has 1 unspecified atom stereocenters. The fourth-order valence-electron chi connectivity index (χ4n) is 2.02. The molecule has 20 heavy (non-hydrogen) atoms. The Kier molecular flexibility index (Phi) is 4.41. The van der Waals surface area contributed by atoms with Gasteiger partial charge in [0, 0.05) is 6.61 Å². The molecule has 1 saturated heterocycles. The number of nitrogens with one attached hydrogen (secondary N) is 2. The van der Waals surface area contributed by atoms with Gasteiger partial charge in [-0.05, 0) is 31.0 Å². The van der Waals surface area contributed by atoms with E-state index in [2.05, 4.69) is 10.6 Å². The van der Waals surface area contributed by atoms with Crippen LogP contribution >= 0.6 is 0 Å². The molecule has 0 aromatic heterocycles. The van der Waals surface area contributed by atoms with E-state index in [-0.39, 0.29) is 23.0 Å². The number of phenolic OH excluding ortho intramolecular Hbond substituents is 1. The third kappa shape index (κ3) is 3.61. The number of benzene rings is 1. The summed E-state index contributed by atoms with van der Waals surface area (Å²) >= 11 is 0. The van der Waals surface area contributed by atoms with E-state index in [4.69, 9.17) is 9.84 Å². The Bertz CT molecular complexity index is 511. The minimum Gasteiger partial charge on any atom is -0.508 e. The molecule has 1 aliphatic heterocycles. The summed E-state index contributed by atoms with van der Waals surface area (Å²) in [6, 6.07) is 3.17. The van der Waals surface area contributed by atoms with Crippen molar-refractivity contribution in [3.8, 4) is 5.75 Å². The van der Waals surface area contributed by atoms with Crippen LogP contribution in [0.2, 0.25) is 0 Å². The summed E-state index contributed by atoms with van der Waals surface area (Å²) in [6.45, 7) is 1.15. The summed E-state index contributed by atoms with van der Waals surface area (Å²) in [5.74, 6) is -1.40.